The summed E-state index contributed by atoms with van der Waals surface area (Å²) < 4.78 is 5.74. The number of aromatic nitrogens is 3. The standard InChI is InChI=1S/C6H8N4O2S/c1-12-4(11)2-10-3-8-6(9-10)5(7)13/h3H,2H2,1H3,(H2,7,13). The van der Waals surface area contributed by atoms with Gasteiger partial charge in [0.15, 0.2) is 0 Å². The van der Waals surface area contributed by atoms with Gasteiger partial charge in [0.05, 0.1) is 7.11 Å². The van der Waals surface area contributed by atoms with Gasteiger partial charge in [-0.15, -0.1) is 5.10 Å². The first-order valence-corrected chi connectivity index (χ1v) is 3.80. The molecule has 0 aliphatic carbocycles. The molecule has 0 radical (unpaired) electrons. The quantitative estimate of drug-likeness (QED) is 0.502. The van der Waals surface area contributed by atoms with Crippen molar-refractivity contribution in [1.82, 2.24) is 14.8 Å². The maximum Gasteiger partial charge on any atom is 0.327 e. The van der Waals surface area contributed by atoms with E-state index in [-0.39, 0.29) is 17.4 Å². The molecule has 0 fully saturated rings. The van der Waals surface area contributed by atoms with Crippen molar-refractivity contribution in [3.63, 3.8) is 0 Å². The number of hydrogen-bond donors (Lipinski definition) is 1. The van der Waals surface area contributed by atoms with E-state index in [4.69, 9.17) is 5.73 Å². The maximum atomic E-state index is 10.8. The largest absolute Gasteiger partial charge is 0.468 e. The van der Waals surface area contributed by atoms with Gasteiger partial charge in [0, 0.05) is 0 Å². The first-order chi connectivity index (χ1) is 6.13. The van der Waals surface area contributed by atoms with Crippen molar-refractivity contribution in [3.05, 3.63) is 12.2 Å². The Hall–Kier alpha value is -1.50. The second kappa shape index (κ2) is 3.94. The minimum atomic E-state index is -0.403. The average molecular weight is 200 g/mol. The Morgan fingerprint density at radius 3 is 3.00 bits per heavy atom. The fraction of sp³-hybridized carbons (Fsp3) is 0.333. The predicted octanol–water partition coefficient (Wildman–Crippen LogP) is -0.915. The molecule has 1 heterocycles. The number of rotatable bonds is 3. The van der Waals surface area contributed by atoms with Crippen LogP contribution in [0.5, 0.6) is 0 Å². The minimum absolute atomic E-state index is 0.00606. The second-order valence-corrected chi connectivity index (χ2v) is 2.65. The van der Waals surface area contributed by atoms with Crippen molar-refractivity contribution in [2.24, 2.45) is 5.73 Å². The van der Waals surface area contributed by atoms with E-state index in [1.54, 1.807) is 0 Å². The third kappa shape index (κ3) is 2.48. The minimum Gasteiger partial charge on any atom is -0.468 e. The zero-order valence-electron chi connectivity index (χ0n) is 6.93. The summed E-state index contributed by atoms with van der Waals surface area (Å²) in [6.07, 6.45) is 1.37. The first kappa shape index (κ1) is 9.59. The number of methoxy groups -OCH3 is 1. The Bertz CT molecular complexity index is 335. The third-order valence-electron chi connectivity index (χ3n) is 1.28. The Morgan fingerprint density at radius 2 is 2.54 bits per heavy atom. The van der Waals surface area contributed by atoms with Crippen molar-refractivity contribution in [2.45, 2.75) is 6.54 Å². The Morgan fingerprint density at radius 1 is 1.85 bits per heavy atom. The molecule has 2 N–H and O–H groups in total. The lowest BCUT2D eigenvalue weighted by molar-refractivity contribution is -0.141. The molecule has 0 aliphatic rings. The van der Waals surface area contributed by atoms with E-state index in [9.17, 15) is 4.79 Å². The van der Waals surface area contributed by atoms with E-state index in [2.05, 4.69) is 27.0 Å². The maximum absolute atomic E-state index is 10.8. The van der Waals surface area contributed by atoms with Crippen LogP contribution in [0, 0.1) is 0 Å². The summed E-state index contributed by atoms with van der Waals surface area (Å²) in [5.74, 6) is -0.154. The third-order valence-corrected chi connectivity index (χ3v) is 1.46. The van der Waals surface area contributed by atoms with Gasteiger partial charge in [-0.25, -0.2) is 9.67 Å². The van der Waals surface area contributed by atoms with Crippen LogP contribution in [0.4, 0.5) is 0 Å². The molecule has 0 bridgehead atoms. The van der Waals surface area contributed by atoms with Crippen molar-refractivity contribution < 1.29 is 9.53 Å². The highest BCUT2D eigenvalue weighted by Gasteiger charge is 2.06. The molecule has 0 saturated carbocycles. The van der Waals surface area contributed by atoms with Gasteiger partial charge in [0.2, 0.25) is 5.82 Å². The second-order valence-electron chi connectivity index (χ2n) is 2.21. The molecule has 13 heavy (non-hydrogen) atoms. The number of hydrogen-bond acceptors (Lipinski definition) is 5. The first-order valence-electron chi connectivity index (χ1n) is 3.39. The van der Waals surface area contributed by atoms with Crippen LogP contribution in [0.15, 0.2) is 6.33 Å². The lowest BCUT2D eigenvalue weighted by Gasteiger charge is -1.96. The van der Waals surface area contributed by atoms with Gasteiger partial charge in [-0.2, -0.15) is 0 Å². The van der Waals surface area contributed by atoms with Gasteiger partial charge in [-0.1, -0.05) is 12.2 Å². The molecule has 6 nitrogen and oxygen atoms in total. The molecule has 1 aromatic rings. The molecule has 70 valence electrons. The van der Waals surface area contributed by atoms with Gasteiger partial charge in [-0.05, 0) is 0 Å². The van der Waals surface area contributed by atoms with Crippen LogP contribution in [0.1, 0.15) is 5.82 Å². The molecule has 0 amide bonds. The fourth-order valence-corrected chi connectivity index (χ4v) is 0.774. The molecule has 0 aliphatic heterocycles. The van der Waals surface area contributed by atoms with Gasteiger partial charge >= 0.3 is 5.97 Å². The molecule has 1 rings (SSSR count). The van der Waals surface area contributed by atoms with Crippen molar-refractivity contribution in [1.29, 1.82) is 0 Å². The summed E-state index contributed by atoms with van der Waals surface area (Å²) in [5, 5.41) is 3.84. The highest BCUT2D eigenvalue weighted by molar-refractivity contribution is 7.80. The van der Waals surface area contributed by atoms with E-state index < -0.39 is 5.97 Å². The normalized spacial score (nSPS) is 9.62. The molecule has 1 aromatic heterocycles. The van der Waals surface area contributed by atoms with Gasteiger partial charge in [0.25, 0.3) is 0 Å². The summed E-state index contributed by atoms with van der Waals surface area (Å²) in [4.78, 5) is 14.7. The number of ether oxygens (including phenoxy) is 1. The summed E-state index contributed by atoms with van der Waals surface area (Å²) >= 11 is 4.64. The van der Waals surface area contributed by atoms with Crippen LogP contribution in [-0.4, -0.2) is 32.8 Å². The summed E-state index contributed by atoms with van der Waals surface area (Å²) in [6, 6.07) is 0. The number of nitrogens with two attached hydrogens (primary N) is 1. The lowest BCUT2D eigenvalue weighted by Crippen LogP contribution is -2.15. The van der Waals surface area contributed by atoms with Crippen molar-refractivity contribution >= 4 is 23.2 Å². The molecular formula is C6H8N4O2S. The number of carbonyl (C=O) groups excluding carboxylic acids is 1. The summed E-state index contributed by atoms with van der Waals surface area (Å²) in [7, 11) is 1.30. The van der Waals surface area contributed by atoms with Crippen LogP contribution in [0.25, 0.3) is 0 Å². The monoisotopic (exact) mass is 200 g/mol. The van der Waals surface area contributed by atoms with Gasteiger partial charge < -0.3 is 10.5 Å². The van der Waals surface area contributed by atoms with Crippen LogP contribution in [-0.2, 0) is 16.1 Å². The Labute approximate surface area is 79.7 Å². The van der Waals surface area contributed by atoms with E-state index in [0.717, 1.165) is 0 Å². The topological polar surface area (TPSA) is 83.0 Å². The van der Waals surface area contributed by atoms with Gasteiger partial charge in [-0.3, -0.25) is 4.79 Å². The van der Waals surface area contributed by atoms with Crippen LogP contribution in [0.3, 0.4) is 0 Å². The number of thiocarbonyl (C=S) groups is 1. The Kier molecular flexibility index (Phi) is 2.91. The predicted molar refractivity (Wildman–Crippen MR) is 47.9 cm³/mol. The zero-order valence-corrected chi connectivity index (χ0v) is 7.74. The van der Waals surface area contributed by atoms with E-state index in [1.807, 2.05) is 0 Å². The number of esters is 1. The molecule has 0 spiro atoms. The van der Waals surface area contributed by atoms with Gasteiger partial charge in [0.1, 0.15) is 17.9 Å². The molecule has 0 atom stereocenters. The SMILES string of the molecule is COC(=O)Cn1cnc(C(N)=S)n1. The molecule has 0 aromatic carbocycles. The fourth-order valence-electron chi connectivity index (χ4n) is 0.681. The highest BCUT2D eigenvalue weighted by Crippen LogP contribution is 1.90. The smallest absolute Gasteiger partial charge is 0.327 e. The molecule has 7 heteroatoms. The summed E-state index contributed by atoms with van der Waals surface area (Å²) in [6.45, 7) is 0.00606. The number of carbonyl (C=O) groups is 1. The van der Waals surface area contributed by atoms with Crippen LogP contribution >= 0.6 is 12.2 Å². The molecule has 0 unspecified atom stereocenters. The number of nitrogens with zero attached hydrogens (tertiary/aromatic N) is 3. The Balaban J connectivity index is 2.69. The zero-order chi connectivity index (χ0) is 9.84. The van der Waals surface area contributed by atoms with Crippen molar-refractivity contribution in [3.8, 4) is 0 Å². The highest BCUT2D eigenvalue weighted by atomic mass is 32.1. The lowest BCUT2D eigenvalue weighted by atomic mass is 10.6. The average Bonchev–Trinajstić information content (AvgIpc) is 2.52. The van der Waals surface area contributed by atoms with E-state index >= 15 is 0 Å². The molecular weight excluding hydrogens is 192 g/mol. The van der Waals surface area contributed by atoms with E-state index in [1.165, 1.54) is 18.1 Å². The van der Waals surface area contributed by atoms with Crippen LogP contribution in [0.2, 0.25) is 0 Å². The van der Waals surface area contributed by atoms with E-state index in [0.29, 0.717) is 0 Å². The van der Waals surface area contributed by atoms with Crippen molar-refractivity contribution in [2.75, 3.05) is 7.11 Å². The van der Waals surface area contributed by atoms with Crippen LogP contribution < -0.4 is 5.73 Å². The molecule has 0 saturated heterocycles. The summed E-state index contributed by atoms with van der Waals surface area (Å²) in [5.41, 5.74) is 5.27.